The lowest BCUT2D eigenvalue weighted by atomic mass is 10.1. The molecule has 0 saturated heterocycles. The molecule has 4 nitrogen and oxygen atoms in total. The fraction of sp³-hybridized carbons (Fsp3) is 0.385. The normalized spacial score (nSPS) is 18.9. The Kier molecular flexibility index (Phi) is 2.66. The Morgan fingerprint density at radius 3 is 3.06 bits per heavy atom. The van der Waals surface area contributed by atoms with Gasteiger partial charge in [0.15, 0.2) is 0 Å². The van der Waals surface area contributed by atoms with Gasteiger partial charge in [-0.3, -0.25) is 4.79 Å². The summed E-state index contributed by atoms with van der Waals surface area (Å²) in [5.41, 5.74) is 7.76. The standard InChI is InChI=1S/C13H14BrN3O/c1-7-3-2-4-11-16-10-6-8(14)5-9(13(15)18)12(10)17(7)11/h5-7H,2-4H2,1H3,(H2,15,18). The molecule has 18 heavy (non-hydrogen) atoms. The average molecular weight is 308 g/mol. The highest BCUT2D eigenvalue weighted by atomic mass is 79.9. The number of primary amides is 1. The zero-order chi connectivity index (χ0) is 12.9. The fourth-order valence-corrected chi connectivity index (χ4v) is 3.21. The highest BCUT2D eigenvalue weighted by Crippen LogP contribution is 2.32. The van der Waals surface area contributed by atoms with Gasteiger partial charge in [-0.15, -0.1) is 0 Å². The molecule has 1 amide bonds. The summed E-state index contributed by atoms with van der Waals surface area (Å²) >= 11 is 3.40. The van der Waals surface area contributed by atoms with Gasteiger partial charge in [-0.25, -0.2) is 4.98 Å². The molecule has 1 unspecified atom stereocenters. The Morgan fingerprint density at radius 2 is 2.33 bits per heavy atom. The van der Waals surface area contributed by atoms with E-state index >= 15 is 0 Å². The van der Waals surface area contributed by atoms with Gasteiger partial charge in [0.2, 0.25) is 0 Å². The molecule has 1 atom stereocenters. The molecule has 0 radical (unpaired) electrons. The number of nitrogens with two attached hydrogens (primary N) is 1. The number of hydrogen-bond donors (Lipinski definition) is 1. The van der Waals surface area contributed by atoms with Crippen LogP contribution in [0.2, 0.25) is 0 Å². The van der Waals surface area contributed by atoms with Crippen molar-refractivity contribution in [2.24, 2.45) is 5.73 Å². The van der Waals surface area contributed by atoms with E-state index in [1.807, 2.05) is 6.07 Å². The first-order chi connectivity index (χ1) is 8.58. The molecule has 0 saturated carbocycles. The van der Waals surface area contributed by atoms with Gasteiger partial charge >= 0.3 is 0 Å². The van der Waals surface area contributed by atoms with Crippen molar-refractivity contribution in [3.8, 4) is 0 Å². The number of halogens is 1. The minimum absolute atomic E-state index is 0.373. The number of imidazole rings is 1. The largest absolute Gasteiger partial charge is 0.366 e. The van der Waals surface area contributed by atoms with E-state index in [0.717, 1.165) is 40.6 Å². The van der Waals surface area contributed by atoms with Crippen LogP contribution in [0.15, 0.2) is 16.6 Å². The first-order valence-electron chi connectivity index (χ1n) is 6.08. The van der Waals surface area contributed by atoms with Crippen LogP contribution in [0, 0.1) is 0 Å². The van der Waals surface area contributed by atoms with E-state index in [1.165, 1.54) is 0 Å². The van der Waals surface area contributed by atoms with Crippen molar-refractivity contribution < 1.29 is 4.79 Å². The maximum Gasteiger partial charge on any atom is 0.250 e. The van der Waals surface area contributed by atoms with Gasteiger partial charge in [0.05, 0.1) is 16.6 Å². The molecule has 0 bridgehead atoms. The van der Waals surface area contributed by atoms with Crippen molar-refractivity contribution in [2.45, 2.75) is 32.2 Å². The van der Waals surface area contributed by atoms with Gasteiger partial charge in [0, 0.05) is 16.9 Å². The second-order valence-electron chi connectivity index (χ2n) is 4.82. The number of amides is 1. The summed E-state index contributed by atoms with van der Waals surface area (Å²) < 4.78 is 3.01. The fourth-order valence-electron chi connectivity index (χ4n) is 2.77. The van der Waals surface area contributed by atoms with Crippen LogP contribution in [0.4, 0.5) is 0 Å². The number of aromatic nitrogens is 2. The topological polar surface area (TPSA) is 60.9 Å². The Bertz CT molecular complexity index is 647. The van der Waals surface area contributed by atoms with Crippen LogP contribution in [0.1, 0.15) is 42.0 Å². The van der Waals surface area contributed by atoms with Crippen molar-refractivity contribution in [1.82, 2.24) is 9.55 Å². The third kappa shape index (κ3) is 1.65. The number of carbonyl (C=O) groups is 1. The molecule has 3 rings (SSSR count). The summed E-state index contributed by atoms with van der Waals surface area (Å²) in [5, 5.41) is 0. The Hall–Kier alpha value is -1.36. The van der Waals surface area contributed by atoms with Crippen LogP contribution in [-0.4, -0.2) is 15.5 Å². The first-order valence-corrected chi connectivity index (χ1v) is 6.87. The van der Waals surface area contributed by atoms with Gasteiger partial charge < -0.3 is 10.3 Å². The molecule has 0 fully saturated rings. The molecule has 1 aromatic carbocycles. The van der Waals surface area contributed by atoms with Gasteiger partial charge in [0.25, 0.3) is 5.91 Å². The lowest BCUT2D eigenvalue weighted by molar-refractivity contribution is 0.100. The molecule has 1 aromatic heterocycles. The zero-order valence-corrected chi connectivity index (χ0v) is 11.7. The number of hydrogen-bond acceptors (Lipinski definition) is 2. The molecule has 1 aliphatic heterocycles. The number of benzene rings is 1. The number of aryl methyl sites for hydroxylation is 1. The van der Waals surface area contributed by atoms with Gasteiger partial charge in [-0.05, 0) is 31.9 Å². The predicted octanol–water partition coefficient (Wildman–Crippen LogP) is 2.79. The highest BCUT2D eigenvalue weighted by Gasteiger charge is 2.23. The highest BCUT2D eigenvalue weighted by molar-refractivity contribution is 9.10. The third-order valence-corrected chi connectivity index (χ3v) is 4.01. The average Bonchev–Trinajstić information content (AvgIpc) is 2.66. The molecule has 2 heterocycles. The van der Waals surface area contributed by atoms with E-state index in [2.05, 4.69) is 32.4 Å². The molecule has 2 aromatic rings. The van der Waals surface area contributed by atoms with Gasteiger partial charge in [-0.2, -0.15) is 0 Å². The maximum absolute atomic E-state index is 11.6. The van der Waals surface area contributed by atoms with Crippen molar-refractivity contribution >= 4 is 32.9 Å². The number of fused-ring (bicyclic) bond motifs is 3. The van der Waals surface area contributed by atoms with Crippen molar-refractivity contribution in [2.75, 3.05) is 0 Å². The molecule has 0 aliphatic carbocycles. The molecular weight excluding hydrogens is 294 g/mol. The van der Waals surface area contributed by atoms with E-state index in [4.69, 9.17) is 5.73 Å². The SMILES string of the molecule is CC1CCCc2nc3cc(Br)cc(C(N)=O)c3n21. The van der Waals surface area contributed by atoms with Gasteiger partial charge in [-0.1, -0.05) is 15.9 Å². The summed E-state index contributed by atoms with van der Waals surface area (Å²) in [7, 11) is 0. The summed E-state index contributed by atoms with van der Waals surface area (Å²) in [5.74, 6) is 0.658. The quantitative estimate of drug-likeness (QED) is 0.880. The Morgan fingerprint density at radius 1 is 1.56 bits per heavy atom. The molecule has 0 spiro atoms. The lowest BCUT2D eigenvalue weighted by Gasteiger charge is -2.22. The minimum atomic E-state index is -0.401. The summed E-state index contributed by atoms with van der Waals surface area (Å²) in [6.07, 6.45) is 3.24. The van der Waals surface area contributed by atoms with Crippen LogP contribution in [0.5, 0.6) is 0 Å². The Balaban J connectivity index is 2.40. The van der Waals surface area contributed by atoms with Crippen molar-refractivity contribution in [3.63, 3.8) is 0 Å². The molecule has 2 N–H and O–H groups in total. The zero-order valence-electron chi connectivity index (χ0n) is 10.1. The predicted molar refractivity (Wildman–Crippen MR) is 73.6 cm³/mol. The van der Waals surface area contributed by atoms with Crippen LogP contribution >= 0.6 is 15.9 Å². The van der Waals surface area contributed by atoms with Crippen molar-refractivity contribution in [3.05, 3.63) is 28.0 Å². The smallest absolute Gasteiger partial charge is 0.250 e. The van der Waals surface area contributed by atoms with E-state index in [1.54, 1.807) is 6.07 Å². The summed E-state index contributed by atoms with van der Waals surface area (Å²) in [6.45, 7) is 2.16. The third-order valence-electron chi connectivity index (χ3n) is 3.55. The Labute approximate surface area is 113 Å². The van der Waals surface area contributed by atoms with E-state index < -0.39 is 5.91 Å². The number of rotatable bonds is 1. The maximum atomic E-state index is 11.6. The van der Waals surface area contributed by atoms with E-state index in [0.29, 0.717) is 11.6 Å². The lowest BCUT2D eigenvalue weighted by Crippen LogP contribution is -2.18. The van der Waals surface area contributed by atoms with E-state index in [-0.39, 0.29) is 0 Å². The molecule has 5 heteroatoms. The molecule has 1 aliphatic rings. The van der Waals surface area contributed by atoms with Gasteiger partial charge in [0.1, 0.15) is 5.82 Å². The first kappa shape index (κ1) is 11.7. The number of nitrogens with zero attached hydrogens (tertiary/aromatic N) is 2. The summed E-state index contributed by atoms with van der Waals surface area (Å²) in [6, 6.07) is 4.10. The second-order valence-corrected chi connectivity index (χ2v) is 5.74. The van der Waals surface area contributed by atoms with E-state index in [9.17, 15) is 4.79 Å². The monoisotopic (exact) mass is 307 g/mol. The molecular formula is C13H14BrN3O. The molecule has 94 valence electrons. The van der Waals surface area contributed by atoms with Crippen LogP contribution in [0.3, 0.4) is 0 Å². The second kappa shape index (κ2) is 4.09. The van der Waals surface area contributed by atoms with Crippen molar-refractivity contribution in [1.29, 1.82) is 0 Å². The van der Waals surface area contributed by atoms with Crippen LogP contribution < -0.4 is 5.73 Å². The summed E-state index contributed by atoms with van der Waals surface area (Å²) in [4.78, 5) is 16.3. The van der Waals surface area contributed by atoms with Crippen LogP contribution in [-0.2, 0) is 6.42 Å². The number of carbonyl (C=O) groups excluding carboxylic acids is 1. The van der Waals surface area contributed by atoms with Crippen LogP contribution in [0.25, 0.3) is 11.0 Å². The minimum Gasteiger partial charge on any atom is -0.366 e.